The standard InChI is InChI=1S/C12H14Br2O2/c13-7-9-3-4-12(11(14)6-9)16-10-2-1-5-15-8-10/h3-4,6,10H,1-2,5,7-8H2. The molecule has 0 spiro atoms. The fourth-order valence-corrected chi connectivity index (χ4v) is 2.58. The summed E-state index contributed by atoms with van der Waals surface area (Å²) in [5, 5.41) is 0.860. The number of alkyl halides is 1. The van der Waals surface area contributed by atoms with Crippen molar-refractivity contribution in [2.45, 2.75) is 24.3 Å². The van der Waals surface area contributed by atoms with Crippen molar-refractivity contribution in [3.05, 3.63) is 28.2 Å². The highest BCUT2D eigenvalue weighted by Gasteiger charge is 2.16. The van der Waals surface area contributed by atoms with Gasteiger partial charge in [0.15, 0.2) is 0 Å². The third-order valence-corrected chi connectivity index (χ3v) is 3.83. The third kappa shape index (κ3) is 3.22. The maximum absolute atomic E-state index is 5.90. The zero-order valence-electron chi connectivity index (χ0n) is 8.92. The average Bonchev–Trinajstić information content (AvgIpc) is 2.33. The fraction of sp³-hybridized carbons (Fsp3) is 0.500. The predicted octanol–water partition coefficient (Wildman–Crippen LogP) is 3.90. The summed E-state index contributed by atoms with van der Waals surface area (Å²) in [5.41, 5.74) is 1.24. The van der Waals surface area contributed by atoms with Crippen LogP contribution in [0.2, 0.25) is 0 Å². The minimum Gasteiger partial charge on any atom is -0.487 e. The predicted molar refractivity (Wildman–Crippen MR) is 71.2 cm³/mol. The van der Waals surface area contributed by atoms with Crippen molar-refractivity contribution in [3.63, 3.8) is 0 Å². The van der Waals surface area contributed by atoms with E-state index in [0.717, 1.165) is 35.0 Å². The largest absolute Gasteiger partial charge is 0.487 e. The van der Waals surface area contributed by atoms with Gasteiger partial charge in [0.25, 0.3) is 0 Å². The molecule has 1 fully saturated rings. The van der Waals surface area contributed by atoms with Gasteiger partial charge in [0.2, 0.25) is 0 Å². The van der Waals surface area contributed by atoms with Crippen LogP contribution in [0, 0.1) is 0 Å². The molecule has 0 radical (unpaired) electrons. The molecule has 0 bridgehead atoms. The van der Waals surface area contributed by atoms with E-state index in [1.165, 1.54) is 5.56 Å². The topological polar surface area (TPSA) is 18.5 Å². The maximum Gasteiger partial charge on any atom is 0.134 e. The van der Waals surface area contributed by atoms with Crippen molar-refractivity contribution in [1.82, 2.24) is 0 Å². The molecule has 16 heavy (non-hydrogen) atoms. The Bertz CT molecular complexity index is 349. The molecule has 1 saturated heterocycles. The molecule has 1 atom stereocenters. The van der Waals surface area contributed by atoms with E-state index in [1.54, 1.807) is 0 Å². The number of hydrogen-bond donors (Lipinski definition) is 0. The van der Waals surface area contributed by atoms with Crippen LogP contribution in [0.15, 0.2) is 22.7 Å². The molecule has 1 aromatic carbocycles. The third-order valence-electron chi connectivity index (χ3n) is 2.56. The molecule has 1 heterocycles. The molecule has 1 aliphatic heterocycles. The molecule has 0 aromatic heterocycles. The Kier molecular flexibility index (Phi) is 4.67. The fourth-order valence-electron chi connectivity index (χ4n) is 1.71. The number of benzene rings is 1. The van der Waals surface area contributed by atoms with Gasteiger partial charge >= 0.3 is 0 Å². The Morgan fingerprint density at radius 3 is 2.94 bits per heavy atom. The van der Waals surface area contributed by atoms with Gasteiger partial charge in [-0.2, -0.15) is 0 Å². The summed E-state index contributed by atoms with van der Waals surface area (Å²) in [6, 6.07) is 6.15. The van der Waals surface area contributed by atoms with E-state index in [0.29, 0.717) is 6.61 Å². The zero-order valence-corrected chi connectivity index (χ0v) is 12.1. The summed E-state index contributed by atoms with van der Waals surface area (Å²) in [5.74, 6) is 0.903. The molecular formula is C12H14Br2O2. The monoisotopic (exact) mass is 348 g/mol. The van der Waals surface area contributed by atoms with E-state index in [9.17, 15) is 0 Å². The second-order valence-electron chi connectivity index (χ2n) is 3.86. The molecule has 1 aliphatic rings. The van der Waals surface area contributed by atoms with Crippen LogP contribution in [0.25, 0.3) is 0 Å². The van der Waals surface area contributed by atoms with E-state index >= 15 is 0 Å². The van der Waals surface area contributed by atoms with Gasteiger partial charge in [0, 0.05) is 11.9 Å². The van der Waals surface area contributed by atoms with Crippen molar-refractivity contribution in [2.75, 3.05) is 13.2 Å². The van der Waals surface area contributed by atoms with Gasteiger partial charge in [-0.25, -0.2) is 0 Å². The second-order valence-corrected chi connectivity index (χ2v) is 5.27. The smallest absolute Gasteiger partial charge is 0.134 e. The van der Waals surface area contributed by atoms with Gasteiger partial charge in [-0.15, -0.1) is 0 Å². The Morgan fingerprint density at radius 1 is 1.44 bits per heavy atom. The zero-order chi connectivity index (χ0) is 11.4. The van der Waals surface area contributed by atoms with Crippen molar-refractivity contribution in [2.24, 2.45) is 0 Å². The van der Waals surface area contributed by atoms with E-state index in [2.05, 4.69) is 44.0 Å². The quantitative estimate of drug-likeness (QED) is 0.770. The molecule has 2 nitrogen and oxygen atoms in total. The van der Waals surface area contributed by atoms with Crippen molar-refractivity contribution in [3.8, 4) is 5.75 Å². The first-order chi connectivity index (χ1) is 7.79. The highest BCUT2D eigenvalue weighted by Crippen LogP contribution is 2.28. The first-order valence-corrected chi connectivity index (χ1v) is 7.30. The second kappa shape index (κ2) is 6.03. The molecule has 0 aliphatic carbocycles. The minimum absolute atomic E-state index is 0.194. The minimum atomic E-state index is 0.194. The van der Waals surface area contributed by atoms with Crippen LogP contribution in [-0.4, -0.2) is 19.3 Å². The summed E-state index contributed by atoms with van der Waals surface area (Å²) in [6.45, 7) is 1.57. The highest BCUT2D eigenvalue weighted by molar-refractivity contribution is 9.10. The summed E-state index contributed by atoms with van der Waals surface area (Å²) < 4.78 is 12.3. The SMILES string of the molecule is BrCc1ccc(OC2CCCOC2)c(Br)c1. The van der Waals surface area contributed by atoms with Gasteiger partial charge in [0.1, 0.15) is 11.9 Å². The van der Waals surface area contributed by atoms with Crippen LogP contribution in [-0.2, 0) is 10.1 Å². The Hall–Kier alpha value is -0.0600. The van der Waals surface area contributed by atoms with Crippen LogP contribution in [0.4, 0.5) is 0 Å². The van der Waals surface area contributed by atoms with E-state index < -0.39 is 0 Å². The molecule has 1 aromatic rings. The molecule has 4 heteroatoms. The van der Waals surface area contributed by atoms with Gasteiger partial charge in [-0.1, -0.05) is 22.0 Å². The Labute approximate surface area is 113 Å². The molecular weight excluding hydrogens is 336 g/mol. The van der Waals surface area contributed by atoms with Crippen molar-refractivity contribution >= 4 is 31.9 Å². The van der Waals surface area contributed by atoms with Crippen LogP contribution in [0.5, 0.6) is 5.75 Å². The number of rotatable bonds is 3. The lowest BCUT2D eigenvalue weighted by Crippen LogP contribution is -2.28. The number of halogens is 2. The molecule has 88 valence electrons. The molecule has 2 rings (SSSR count). The lowest BCUT2D eigenvalue weighted by atomic mass is 10.2. The van der Waals surface area contributed by atoms with Crippen LogP contribution in [0.3, 0.4) is 0 Å². The van der Waals surface area contributed by atoms with E-state index in [1.807, 2.05) is 6.07 Å². The summed E-state index contributed by atoms with van der Waals surface area (Å²) in [4.78, 5) is 0. The number of ether oxygens (including phenoxy) is 2. The molecule has 0 amide bonds. The van der Waals surface area contributed by atoms with Crippen molar-refractivity contribution < 1.29 is 9.47 Å². The summed E-state index contributed by atoms with van der Waals surface area (Å²) in [6.07, 6.45) is 2.36. The van der Waals surface area contributed by atoms with E-state index in [4.69, 9.17) is 9.47 Å². The van der Waals surface area contributed by atoms with Crippen LogP contribution < -0.4 is 4.74 Å². The van der Waals surface area contributed by atoms with Crippen molar-refractivity contribution in [1.29, 1.82) is 0 Å². The molecule has 0 saturated carbocycles. The summed E-state index contributed by atoms with van der Waals surface area (Å²) >= 11 is 6.96. The molecule has 0 N–H and O–H groups in total. The van der Waals surface area contributed by atoms with Crippen LogP contribution in [0.1, 0.15) is 18.4 Å². The Balaban J connectivity index is 2.03. The normalized spacial score (nSPS) is 20.8. The van der Waals surface area contributed by atoms with Gasteiger partial charge in [-0.05, 0) is 46.5 Å². The lowest BCUT2D eigenvalue weighted by molar-refractivity contribution is 0.00711. The Morgan fingerprint density at radius 2 is 2.31 bits per heavy atom. The van der Waals surface area contributed by atoms with E-state index in [-0.39, 0.29) is 6.10 Å². The van der Waals surface area contributed by atoms with Crippen LogP contribution >= 0.6 is 31.9 Å². The first kappa shape index (κ1) is 12.4. The summed E-state index contributed by atoms with van der Waals surface area (Å²) in [7, 11) is 0. The van der Waals surface area contributed by atoms with Gasteiger partial charge in [-0.3, -0.25) is 0 Å². The molecule has 1 unspecified atom stereocenters. The number of hydrogen-bond acceptors (Lipinski definition) is 2. The van der Waals surface area contributed by atoms with Gasteiger partial charge in [0.05, 0.1) is 11.1 Å². The maximum atomic E-state index is 5.90. The highest BCUT2D eigenvalue weighted by atomic mass is 79.9. The van der Waals surface area contributed by atoms with Gasteiger partial charge < -0.3 is 9.47 Å². The average molecular weight is 350 g/mol. The lowest BCUT2D eigenvalue weighted by Gasteiger charge is -2.23. The first-order valence-electron chi connectivity index (χ1n) is 5.38.